The maximum atomic E-state index is 12.6. The molecule has 2 aromatic carbocycles. The van der Waals surface area contributed by atoms with Crippen LogP contribution in [0.15, 0.2) is 47.6 Å². The number of rotatable bonds is 9. The molecule has 0 bridgehead atoms. The normalized spacial score (nSPS) is 12.5. The zero-order valence-corrected chi connectivity index (χ0v) is 16.8. The highest BCUT2D eigenvalue weighted by Gasteiger charge is 2.23. The number of nitrogens with two attached hydrogens (primary N) is 1. The number of anilines is 1. The molecule has 8 nitrogen and oxygen atoms in total. The van der Waals surface area contributed by atoms with Crippen molar-refractivity contribution in [2.24, 2.45) is 10.9 Å². The second-order valence-electron chi connectivity index (χ2n) is 6.58. The summed E-state index contributed by atoms with van der Waals surface area (Å²) in [4.78, 5) is 12.6. The number of carbonyl (C=O) groups is 1. The molecule has 29 heavy (non-hydrogen) atoms. The van der Waals surface area contributed by atoms with Crippen molar-refractivity contribution in [2.45, 2.75) is 39.5 Å². The summed E-state index contributed by atoms with van der Waals surface area (Å²) in [6.45, 7) is 5.55. The highest BCUT2D eigenvalue weighted by Crippen LogP contribution is 2.28. The summed E-state index contributed by atoms with van der Waals surface area (Å²) in [6, 6.07) is 11.2. The van der Waals surface area contributed by atoms with Gasteiger partial charge in [-0.2, -0.15) is 0 Å². The lowest BCUT2D eigenvalue weighted by Crippen LogP contribution is -2.24. The third-order valence-corrected chi connectivity index (χ3v) is 4.07. The second kappa shape index (κ2) is 10.3. The molecule has 156 valence electrons. The minimum Gasteiger partial charge on any atom is -0.491 e. The van der Waals surface area contributed by atoms with E-state index in [4.69, 9.17) is 20.4 Å². The van der Waals surface area contributed by atoms with Gasteiger partial charge in [0.25, 0.3) is 0 Å². The van der Waals surface area contributed by atoms with Crippen molar-refractivity contribution in [3.63, 3.8) is 0 Å². The molecule has 0 heterocycles. The Kier molecular flexibility index (Phi) is 7.85. The van der Waals surface area contributed by atoms with Crippen LogP contribution in [0.3, 0.4) is 0 Å². The topological polar surface area (TPSA) is 126 Å². The number of esters is 1. The van der Waals surface area contributed by atoms with Gasteiger partial charge in [0, 0.05) is 16.8 Å². The molecular formula is C21H27N3O5. The molecule has 0 amide bonds. The summed E-state index contributed by atoms with van der Waals surface area (Å²) in [7, 11) is 0. The number of nitrogens with zero attached hydrogens (tertiary/aromatic N) is 1. The molecule has 0 aliphatic heterocycles. The highest BCUT2D eigenvalue weighted by atomic mass is 16.5. The summed E-state index contributed by atoms with van der Waals surface area (Å²) in [6.07, 6.45) is -0.0430. The quantitative estimate of drug-likeness (QED) is 0.167. The van der Waals surface area contributed by atoms with Crippen LogP contribution in [-0.4, -0.2) is 34.8 Å². The number of hydrogen-bond donors (Lipinski definition) is 4. The number of ether oxygens (including phenoxy) is 2. The van der Waals surface area contributed by atoms with Crippen LogP contribution in [0, 0.1) is 0 Å². The average molecular weight is 401 g/mol. The Morgan fingerprint density at radius 3 is 2.45 bits per heavy atom. The minimum absolute atomic E-state index is 0.00757. The van der Waals surface area contributed by atoms with Crippen molar-refractivity contribution in [3.05, 3.63) is 59.2 Å². The molecule has 0 aromatic heterocycles. The Hall–Kier alpha value is -3.26. The Labute approximate surface area is 169 Å². The van der Waals surface area contributed by atoms with E-state index < -0.39 is 12.0 Å². The number of aliphatic hydroxyl groups excluding tert-OH is 1. The molecular weight excluding hydrogens is 374 g/mol. The van der Waals surface area contributed by atoms with Crippen molar-refractivity contribution < 1.29 is 24.6 Å². The summed E-state index contributed by atoms with van der Waals surface area (Å²) >= 11 is 0. The number of oxime groups is 1. The molecule has 8 heteroatoms. The molecule has 2 aromatic rings. The van der Waals surface area contributed by atoms with Crippen LogP contribution in [0.5, 0.6) is 5.75 Å². The fraction of sp³-hybridized carbons (Fsp3) is 0.333. The van der Waals surface area contributed by atoms with Gasteiger partial charge in [0.2, 0.25) is 0 Å². The standard InChI is InChI=1S/C21H27N3O5/c1-4-28-21(26)19(23-17-8-5-14(6-9-17)20(22)24-27)15-7-10-18(29-13(2)3)16(11-15)12-25/h5-11,13,19,23,25,27H,4,12H2,1-3H3,(H2,22,24). The van der Waals surface area contributed by atoms with Crippen LogP contribution in [0.1, 0.15) is 43.5 Å². The molecule has 0 spiro atoms. The van der Waals surface area contributed by atoms with Crippen LogP contribution in [0.4, 0.5) is 5.69 Å². The van der Waals surface area contributed by atoms with E-state index in [1.165, 1.54) is 0 Å². The number of amidine groups is 1. The molecule has 0 aliphatic carbocycles. The first-order valence-corrected chi connectivity index (χ1v) is 9.31. The monoisotopic (exact) mass is 401 g/mol. The lowest BCUT2D eigenvalue weighted by atomic mass is 10.0. The fourth-order valence-electron chi connectivity index (χ4n) is 2.74. The van der Waals surface area contributed by atoms with E-state index in [-0.39, 0.29) is 25.2 Å². The van der Waals surface area contributed by atoms with E-state index in [0.29, 0.717) is 28.1 Å². The van der Waals surface area contributed by atoms with Crippen molar-refractivity contribution in [2.75, 3.05) is 11.9 Å². The maximum absolute atomic E-state index is 12.6. The zero-order chi connectivity index (χ0) is 21.4. The molecule has 0 saturated carbocycles. The minimum atomic E-state index is -0.789. The first-order valence-electron chi connectivity index (χ1n) is 9.31. The van der Waals surface area contributed by atoms with Gasteiger partial charge in [-0.05, 0) is 62.7 Å². The fourth-order valence-corrected chi connectivity index (χ4v) is 2.74. The molecule has 0 saturated heterocycles. The van der Waals surface area contributed by atoms with Gasteiger partial charge in [0.1, 0.15) is 5.75 Å². The van der Waals surface area contributed by atoms with E-state index in [1.54, 1.807) is 49.4 Å². The van der Waals surface area contributed by atoms with Crippen molar-refractivity contribution in [1.82, 2.24) is 0 Å². The first-order chi connectivity index (χ1) is 13.9. The third kappa shape index (κ3) is 5.86. The second-order valence-corrected chi connectivity index (χ2v) is 6.58. The molecule has 2 rings (SSSR count). The molecule has 0 aliphatic rings. The largest absolute Gasteiger partial charge is 0.491 e. The van der Waals surface area contributed by atoms with Crippen LogP contribution < -0.4 is 15.8 Å². The van der Waals surface area contributed by atoms with Gasteiger partial charge in [-0.15, -0.1) is 0 Å². The van der Waals surface area contributed by atoms with Crippen LogP contribution in [-0.2, 0) is 16.1 Å². The Morgan fingerprint density at radius 1 is 1.21 bits per heavy atom. The van der Waals surface area contributed by atoms with Crippen LogP contribution in [0.2, 0.25) is 0 Å². The lowest BCUT2D eigenvalue weighted by molar-refractivity contribution is -0.144. The molecule has 1 atom stereocenters. The van der Waals surface area contributed by atoms with Crippen molar-refractivity contribution in [3.8, 4) is 5.75 Å². The molecule has 0 radical (unpaired) electrons. The van der Waals surface area contributed by atoms with E-state index in [1.807, 2.05) is 13.8 Å². The SMILES string of the molecule is CCOC(=O)C(Nc1ccc(/C(N)=N/O)cc1)c1ccc(OC(C)C)c(CO)c1. The number of nitrogens with one attached hydrogen (secondary N) is 1. The first kappa shape index (κ1) is 22.0. The third-order valence-electron chi connectivity index (χ3n) is 4.07. The predicted molar refractivity (Wildman–Crippen MR) is 110 cm³/mol. The highest BCUT2D eigenvalue weighted by molar-refractivity contribution is 5.97. The van der Waals surface area contributed by atoms with Gasteiger partial charge in [-0.25, -0.2) is 4.79 Å². The predicted octanol–water partition coefficient (Wildman–Crippen LogP) is 2.78. The van der Waals surface area contributed by atoms with E-state index in [2.05, 4.69) is 10.5 Å². The summed E-state index contributed by atoms with van der Waals surface area (Å²) in [5, 5.41) is 24.6. The van der Waals surface area contributed by atoms with Crippen molar-refractivity contribution >= 4 is 17.5 Å². The van der Waals surface area contributed by atoms with Crippen LogP contribution in [0.25, 0.3) is 0 Å². The van der Waals surface area contributed by atoms with Gasteiger partial charge in [0.05, 0.1) is 19.3 Å². The Bertz CT molecular complexity index is 850. The maximum Gasteiger partial charge on any atom is 0.333 e. The van der Waals surface area contributed by atoms with E-state index in [9.17, 15) is 9.90 Å². The zero-order valence-electron chi connectivity index (χ0n) is 16.8. The number of aliphatic hydroxyl groups is 1. The van der Waals surface area contributed by atoms with Gasteiger partial charge in [-0.3, -0.25) is 0 Å². The van der Waals surface area contributed by atoms with Crippen molar-refractivity contribution in [1.29, 1.82) is 0 Å². The number of carbonyl (C=O) groups excluding carboxylic acids is 1. The summed E-state index contributed by atoms with van der Waals surface area (Å²) in [5.41, 5.74) is 7.97. The van der Waals surface area contributed by atoms with E-state index in [0.717, 1.165) is 0 Å². The van der Waals surface area contributed by atoms with E-state index >= 15 is 0 Å². The molecule has 0 fully saturated rings. The summed E-state index contributed by atoms with van der Waals surface area (Å²) < 4.78 is 10.9. The summed E-state index contributed by atoms with van der Waals surface area (Å²) in [5.74, 6) is 0.109. The smallest absolute Gasteiger partial charge is 0.333 e. The van der Waals surface area contributed by atoms with Crippen LogP contribution >= 0.6 is 0 Å². The Balaban J connectivity index is 2.34. The van der Waals surface area contributed by atoms with Gasteiger partial charge < -0.3 is 30.8 Å². The van der Waals surface area contributed by atoms with Gasteiger partial charge in [0.15, 0.2) is 11.9 Å². The van der Waals surface area contributed by atoms with Gasteiger partial charge in [-0.1, -0.05) is 11.2 Å². The lowest BCUT2D eigenvalue weighted by Gasteiger charge is -2.21. The molecule has 1 unspecified atom stereocenters. The number of benzene rings is 2. The van der Waals surface area contributed by atoms with Gasteiger partial charge >= 0.3 is 5.97 Å². The molecule has 5 N–H and O–H groups in total. The Morgan fingerprint density at radius 2 is 1.90 bits per heavy atom. The average Bonchev–Trinajstić information content (AvgIpc) is 2.72. The number of hydrogen-bond acceptors (Lipinski definition) is 7.